The summed E-state index contributed by atoms with van der Waals surface area (Å²) in [5, 5.41) is -0.368. The highest BCUT2D eigenvalue weighted by Crippen LogP contribution is 2.27. The minimum Gasteiger partial charge on any atom is -0.470 e. The number of nitrogens with zero attached hydrogens (tertiary/aromatic N) is 4. The molecule has 1 fully saturated rings. The van der Waals surface area contributed by atoms with E-state index in [2.05, 4.69) is 14.9 Å². The van der Waals surface area contributed by atoms with Gasteiger partial charge in [0.15, 0.2) is 5.82 Å². The number of rotatable bonds is 5. The minimum absolute atomic E-state index is 0.0173. The molecule has 10 heteroatoms. The van der Waals surface area contributed by atoms with Gasteiger partial charge in [-0.25, -0.2) is 18.7 Å². The molecule has 2 N–H and O–H groups in total. The third-order valence-electron chi connectivity index (χ3n) is 5.45. The van der Waals surface area contributed by atoms with Crippen LogP contribution >= 0.6 is 11.6 Å². The van der Waals surface area contributed by atoms with Gasteiger partial charge in [0.1, 0.15) is 18.2 Å². The summed E-state index contributed by atoms with van der Waals surface area (Å²) < 4.78 is 33.2. The van der Waals surface area contributed by atoms with Crippen LogP contribution in [0.5, 0.6) is 5.88 Å². The summed E-state index contributed by atoms with van der Waals surface area (Å²) in [4.78, 5) is 25.4. The van der Waals surface area contributed by atoms with Crippen LogP contribution in [-0.4, -0.2) is 58.9 Å². The van der Waals surface area contributed by atoms with Crippen LogP contribution in [-0.2, 0) is 6.61 Å². The number of hydrogen-bond acceptors (Lipinski definition) is 6. The Morgan fingerprint density at radius 1 is 1.15 bits per heavy atom. The highest BCUT2D eigenvalue weighted by Gasteiger charge is 2.21. The number of carbonyl (C=O) groups is 1. The van der Waals surface area contributed by atoms with Crippen LogP contribution in [0.1, 0.15) is 15.9 Å². The van der Waals surface area contributed by atoms with Crippen molar-refractivity contribution in [1.29, 1.82) is 0 Å². The van der Waals surface area contributed by atoms with E-state index in [1.807, 2.05) is 11.9 Å². The van der Waals surface area contributed by atoms with Gasteiger partial charge in [0, 0.05) is 42.9 Å². The number of benzene rings is 2. The van der Waals surface area contributed by atoms with Crippen molar-refractivity contribution in [3.8, 4) is 17.1 Å². The Bertz CT molecular complexity index is 1190. The zero-order valence-electron chi connectivity index (χ0n) is 17.9. The molecule has 7 nitrogen and oxygen atoms in total. The monoisotopic (exact) mass is 473 g/mol. The van der Waals surface area contributed by atoms with Gasteiger partial charge in [-0.05, 0) is 31.3 Å². The SMILES string of the molecule is CN1CCN(C(=O)c2cccc(-c3cnc(N)c(OCc4c(F)ccc(F)c4Cl)n3)c2)CC1. The zero-order chi connectivity index (χ0) is 23.5. The molecule has 0 spiro atoms. The van der Waals surface area contributed by atoms with Gasteiger partial charge in [0.25, 0.3) is 11.8 Å². The number of piperazine rings is 1. The van der Waals surface area contributed by atoms with E-state index < -0.39 is 11.6 Å². The summed E-state index contributed by atoms with van der Waals surface area (Å²) in [5.74, 6) is -1.59. The maximum Gasteiger partial charge on any atom is 0.258 e. The lowest BCUT2D eigenvalue weighted by Gasteiger charge is -2.32. The summed E-state index contributed by atoms with van der Waals surface area (Å²) in [5.41, 5.74) is 7.30. The molecule has 1 amide bonds. The van der Waals surface area contributed by atoms with Crippen molar-refractivity contribution in [1.82, 2.24) is 19.8 Å². The van der Waals surface area contributed by atoms with Crippen molar-refractivity contribution in [2.24, 2.45) is 0 Å². The molecule has 0 radical (unpaired) electrons. The fourth-order valence-corrected chi connectivity index (χ4v) is 3.68. The minimum atomic E-state index is -0.758. The van der Waals surface area contributed by atoms with Gasteiger partial charge in [-0.3, -0.25) is 4.79 Å². The maximum absolute atomic E-state index is 14.0. The first-order valence-corrected chi connectivity index (χ1v) is 10.7. The molecule has 0 atom stereocenters. The molecular weight excluding hydrogens is 452 g/mol. The second-order valence-corrected chi connectivity index (χ2v) is 8.11. The van der Waals surface area contributed by atoms with Gasteiger partial charge in [-0.15, -0.1) is 0 Å². The van der Waals surface area contributed by atoms with Crippen LogP contribution in [0, 0.1) is 11.6 Å². The lowest BCUT2D eigenvalue weighted by molar-refractivity contribution is 0.0664. The molecule has 1 aliphatic heterocycles. The van der Waals surface area contributed by atoms with E-state index >= 15 is 0 Å². The average molecular weight is 474 g/mol. The molecular formula is C23H22ClF2N5O2. The molecule has 1 aliphatic rings. The van der Waals surface area contributed by atoms with Crippen molar-refractivity contribution in [2.75, 3.05) is 39.0 Å². The van der Waals surface area contributed by atoms with Gasteiger partial charge in [-0.1, -0.05) is 23.7 Å². The Morgan fingerprint density at radius 3 is 2.64 bits per heavy atom. The molecule has 0 saturated carbocycles. The normalized spacial score (nSPS) is 14.4. The van der Waals surface area contributed by atoms with Gasteiger partial charge >= 0.3 is 0 Å². The average Bonchev–Trinajstić information content (AvgIpc) is 2.82. The maximum atomic E-state index is 14.0. The van der Waals surface area contributed by atoms with Crippen LogP contribution in [0.4, 0.5) is 14.6 Å². The number of likely N-dealkylation sites (N-methyl/N-ethyl adjacent to an activating group) is 1. The Kier molecular flexibility index (Phi) is 6.71. The van der Waals surface area contributed by atoms with Crippen molar-refractivity contribution in [2.45, 2.75) is 6.61 Å². The molecule has 172 valence electrons. The number of hydrogen-bond donors (Lipinski definition) is 1. The Labute approximate surface area is 194 Å². The van der Waals surface area contributed by atoms with Gasteiger partial charge in [0.05, 0.1) is 16.9 Å². The summed E-state index contributed by atoms with van der Waals surface area (Å²) in [6, 6.07) is 8.93. The molecule has 1 aromatic heterocycles. The summed E-state index contributed by atoms with van der Waals surface area (Å²) in [6.07, 6.45) is 1.46. The zero-order valence-corrected chi connectivity index (χ0v) is 18.6. The van der Waals surface area contributed by atoms with Crippen LogP contribution < -0.4 is 10.5 Å². The van der Waals surface area contributed by atoms with E-state index in [4.69, 9.17) is 22.1 Å². The molecule has 2 heterocycles. The number of aromatic nitrogens is 2. The third-order valence-corrected chi connectivity index (χ3v) is 5.86. The van der Waals surface area contributed by atoms with E-state index in [1.54, 1.807) is 24.3 Å². The fourth-order valence-electron chi connectivity index (χ4n) is 3.47. The smallest absolute Gasteiger partial charge is 0.258 e. The number of halogens is 3. The van der Waals surface area contributed by atoms with E-state index in [-0.39, 0.29) is 34.8 Å². The number of anilines is 1. The van der Waals surface area contributed by atoms with Gasteiger partial charge < -0.3 is 20.3 Å². The second kappa shape index (κ2) is 9.68. The van der Waals surface area contributed by atoms with Crippen molar-refractivity contribution in [3.05, 3.63) is 70.4 Å². The van der Waals surface area contributed by atoms with Crippen LogP contribution in [0.2, 0.25) is 5.02 Å². The molecule has 0 unspecified atom stereocenters. The number of nitrogens with two attached hydrogens (primary N) is 1. The first kappa shape index (κ1) is 22.9. The largest absolute Gasteiger partial charge is 0.470 e. The number of amides is 1. The molecule has 0 bridgehead atoms. The van der Waals surface area contributed by atoms with E-state index in [1.165, 1.54) is 6.20 Å². The van der Waals surface area contributed by atoms with E-state index in [9.17, 15) is 13.6 Å². The third kappa shape index (κ3) is 5.04. The lowest BCUT2D eigenvalue weighted by Crippen LogP contribution is -2.47. The first-order chi connectivity index (χ1) is 15.8. The Balaban J connectivity index is 1.55. The topological polar surface area (TPSA) is 84.6 Å². The number of ether oxygens (including phenoxy) is 1. The van der Waals surface area contributed by atoms with Crippen molar-refractivity contribution >= 4 is 23.3 Å². The summed E-state index contributed by atoms with van der Waals surface area (Å²) >= 11 is 5.85. The summed E-state index contributed by atoms with van der Waals surface area (Å²) in [7, 11) is 2.03. The van der Waals surface area contributed by atoms with Crippen molar-refractivity contribution in [3.63, 3.8) is 0 Å². The Hall–Kier alpha value is -3.30. The van der Waals surface area contributed by atoms with Crippen LogP contribution in [0.15, 0.2) is 42.6 Å². The molecule has 1 saturated heterocycles. The number of nitrogen functional groups attached to an aromatic ring is 1. The Morgan fingerprint density at radius 2 is 1.88 bits per heavy atom. The lowest BCUT2D eigenvalue weighted by atomic mass is 10.1. The fraction of sp³-hybridized carbons (Fsp3) is 0.261. The molecule has 3 aromatic rings. The molecule has 0 aliphatic carbocycles. The highest BCUT2D eigenvalue weighted by atomic mass is 35.5. The van der Waals surface area contributed by atoms with E-state index in [0.29, 0.717) is 29.9 Å². The number of carbonyl (C=O) groups excluding carboxylic acids is 1. The van der Waals surface area contributed by atoms with Gasteiger partial charge in [-0.2, -0.15) is 0 Å². The molecule has 2 aromatic carbocycles. The molecule has 33 heavy (non-hydrogen) atoms. The predicted molar refractivity (Wildman–Crippen MR) is 121 cm³/mol. The first-order valence-electron chi connectivity index (χ1n) is 10.3. The van der Waals surface area contributed by atoms with Gasteiger partial charge in [0.2, 0.25) is 0 Å². The van der Waals surface area contributed by atoms with E-state index in [0.717, 1.165) is 25.2 Å². The second-order valence-electron chi connectivity index (χ2n) is 7.73. The standard InChI is InChI=1S/C23H22ClF2N5O2/c1-30-7-9-31(10-8-30)23(32)15-4-2-3-14(11-15)19-12-28-21(27)22(29-19)33-13-16-17(25)5-6-18(26)20(16)24/h2-6,11-12H,7-10,13H2,1H3,(H2,27,28). The summed E-state index contributed by atoms with van der Waals surface area (Å²) in [6.45, 7) is 2.60. The highest BCUT2D eigenvalue weighted by molar-refractivity contribution is 6.31. The van der Waals surface area contributed by atoms with Crippen molar-refractivity contribution < 1.29 is 18.3 Å². The predicted octanol–water partition coefficient (Wildman–Crippen LogP) is 3.62. The van der Waals surface area contributed by atoms with Crippen LogP contribution in [0.3, 0.4) is 0 Å². The quantitative estimate of drug-likeness (QED) is 0.570. The molecule has 4 rings (SSSR count). The van der Waals surface area contributed by atoms with Crippen LogP contribution in [0.25, 0.3) is 11.3 Å².